The van der Waals surface area contributed by atoms with Crippen LogP contribution in [0.5, 0.6) is 0 Å². The molecule has 1 amide bonds. The fourth-order valence-corrected chi connectivity index (χ4v) is 2.34. The third-order valence-electron chi connectivity index (χ3n) is 3.18. The minimum Gasteiger partial charge on any atom is -0.545 e. The summed E-state index contributed by atoms with van der Waals surface area (Å²) in [5, 5.41) is 20.1. The van der Waals surface area contributed by atoms with E-state index in [0.29, 0.717) is 13.1 Å². The molecule has 1 N–H and O–H groups in total. The monoisotopic (exact) mass is 320 g/mol. The largest absolute Gasteiger partial charge is 0.545 e. The van der Waals surface area contributed by atoms with Gasteiger partial charge in [0.25, 0.3) is 5.91 Å². The van der Waals surface area contributed by atoms with Crippen LogP contribution in [0, 0.1) is 11.8 Å². The van der Waals surface area contributed by atoms with Gasteiger partial charge in [-0.05, 0) is 30.0 Å². The van der Waals surface area contributed by atoms with Crippen molar-refractivity contribution in [1.29, 1.82) is 0 Å². The molecule has 0 bridgehead atoms. The van der Waals surface area contributed by atoms with Gasteiger partial charge in [-0.2, -0.15) is 0 Å². The first-order valence-corrected chi connectivity index (χ1v) is 7.51. The normalized spacial score (nSPS) is 10.9. The molecule has 0 heterocycles. The smallest absolute Gasteiger partial charge is 0.336 e. The summed E-state index contributed by atoms with van der Waals surface area (Å²) in [6, 6.07) is 3.55. The fourth-order valence-electron chi connectivity index (χ4n) is 2.34. The van der Waals surface area contributed by atoms with Gasteiger partial charge in [-0.25, -0.2) is 4.79 Å². The molecule has 0 aliphatic heterocycles. The molecule has 0 saturated heterocycles. The molecule has 126 valence electrons. The maximum Gasteiger partial charge on any atom is 0.336 e. The molecule has 0 aliphatic rings. The van der Waals surface area contributed by atoms with Crippen LogP contribution < -0.4 is 5.11 Å². The Bertz CT molecular complexity index is 597. The molecule has 0 unspecified atom stereocenters. The van der Waals surface area contributed by atoms with Crippen molar-refractivity contribution >= 4 is 17.8 Å². The van der Waals surface area contributed by atoms with Crippen LogP contribution in [-0.4, -0.2) is 40.9 Å². The number of amides is 1. The average molecular weight is 320 g/mol. The summed E-state index contributed by atoms with van der Waals surface area (Å²) < 4.78 is 0. The van der Waals surface area contributed by atoms with E-state index in [1.807, 2.05) is 27.7 Å². The van der Waals surface area contributed by atoms with E-state index in [1.54, 1.807) is 4.90 Å². The van der Waals surface area contributed by atoms with Crippen molar-refractivity contribution in [2.45, 2.75) is 27.7 Å². The molecule has 0 spiro atoms. The second kappa shape index (κ2) is 7.76. The first-order chi connectivity index (χ1) is 10.6. The summed E-state index contributed by atoms with van der Waals surface area (Å²) >= 11 is 0. The van der Waals surface area contributed by atoms with Gasteiger partial charge in [-0.1, -0.05) is 27.7 Å². The summed E-state index contributed by atoms with van der Waals surface area (Å²) in [4.78, 5) is 36.5. The third-order valence-corrected chi connectivity index (χ3v) is 3.18. The molecule has 6 nitrogen and oxygen atoms in total. The van der Waals surface area contributed by atoms with Crippen LogP contribution in [0.1, 0.15) is 58.8 Å². The van der Waals surface area contributed by atoms with Gasteiger partial charge in [0.05, 0.1) is 11.5 Å². The van der Waals surface area contributed by atoms with Crippen LogP contribution in [0.15, 0.2) is 18.2 Å². The first-order valence-electron chi connectivity index (χ1n) is 7.51. The predicted molar refractivity (Wildman–Crippen MR) is 83.3 cm³/mol. The van der Waals surface area contributed by atoms with Crippen molar-refractivity contribution in [3.8, 4) is 0 Å². The van der Waals surface area contributed by atoms with Gasteiger partial charge in [-0.15, -0.1) is 0 Å². The van der Waals surface area contributed by atoms with E-state index in [9.17, 15) is 19.5 Å². The van der Waals surface area contributed by atoms with Crippen molar-refractivity contribution in [3.05, 3.63) is 34.9 Å². The molecule has 0 aliphatic carbocycles. The van der Waals surface area contributed by atoms with Gasteiger partial charge in [0, 0.05) is 24.2 Å². The van der Waals surface area contributed by atoms with Gasteiger partial charge in [0.15, 0.2) is 0 Å². The van der Waals surface area contributed by atoms with Crippen LogP contribution in [0.2, 0.25) is 0 Å². The highest BCUT2D eigenvalue weighted by Gasteiger charge is 2.20. The number of carboxylic acids is 2. The molecule has 0 saturated carbocycles. The van der Waals surface area contributed by atoms with Crippen LogP contribution in [0.25, 0.3) is 0 Å². The minimum atomic E-state index is -1.61. The second-order valence-corrected chi connectivity index (χ2v) is 6.35. The van der Waals surface area contributed by atoms with Gasteiger partial charge in [0.2, 0.25) is 0 Å². The highest BCUT2D eigenvalue weighted by molar-refractivity contribution is 6.04. The Kier molecular flexibility index (Phi) is 6.30. The summed E-state index contributed by atoms with van der Waals surface area (Å²) in [5.74, 6) is -2.78. The van der Waals surface area contributed by atoms with Gasteiger partial charge in [-0.3, -0.25) is 4.79 Å². The topological polar surface area (TPSA) is 97.7 Å². The lowest BCUT2D eigenvalue weighted by Crippen LogP contribution is -2.37. The van der Waals surface area contributed by atoms with Crippen molar-refractivity contribution in [3.63, 3.8) is 0 Å². The molecule has 0 radical (unpaired) electrons. The number of nitrogens with zero attached hydrogens (tertiary/aromatic N) is 1. The number of carbonyl (C=O) groups excluding carboxylic acids is 2. The van der Waals surface area contributed by atoms with Crippen molar-refractivity contribution in [1.82, 2.24) is 4.90 Å². The number of carbonyl (C=O) groups is 3. The first kappa shape index (κ1) is 18.7. The van der Waals surface area contributed by atoms with Crippen molar-refractivity contribution in [2.75, 3.05) is 13.1 Å². The number of hydrogen-bond donors (Lipinski definition) is 1. The molecule has 0 atom stereocenters. The second-order valence-electron chi connectivity index (χ2n) is 6.35. The number of hydrogen-bond acceptors (Lipinski definition) is 4. The lowest BCUT2D eigenvalue weighted by atomic mass is 10.0. The zero-order valence-electron chi connectivity index (χ0n) is 13.8. The van der Waals surface area contributed by atoms with E-state index in [0.717, 1.165) is 12.1 Å². The zero-order valence-corrected chi connectivity index (χ0v) is 13.8. The Balaban J connectivity index is 3.21. The molecular weight excluding hydrogens is 298 g/mol. The molecule has 23 heavy (non-hydrogen) atoms. The molecule has 0 aromatic heterocycles. The Morgan fingerprint density at radius 2 is 1.57 bits per heavy atom. The Morgan fingerprint density at radius 3 is 1.96 bits per heavy atom. The van der Waals surface area contributed by atoms with E-state index in [-0.39, 0.29) is 28.9 Å². The molecule has 1 rings (SSSR count). The highest BCUT2D eigenvalue weighted by atomic mass is 16.4. The molecule has 1 aromatic carbocycles. The van der Waals surface area contributed by atoms with Crippen molar-refractivity contribution in [2.24, 2.45) is 11.8 Å². The van der Waals surface area contributed by atoms with E-state index in [4.69, 9.17) is 5.11 Å². The SMILES string of the molecule is CC(C)CN(CC(C)C)C(=O)c1ccc(C(=O)O)c(C(=O)[O-])c1. The summed E-state index contributed by atoms with van der Waals surface area (Å²) in [7, 11) is 0. The average Bonchev–Trinajstić information content (AvgIpc) is 2.43. The molecular formula is C17H22NO5-. The quantitative estimate of drug-likeness (QED) is 0.821. The van der Waals surface area contributed by atoms with E-state index in [2.05, 4.69) is 0 Å². The van der Waals surface area contributed by atoms with Gasteiger partial charge >= 0.3 is 5.97 Å². The van der Waals surface area contributed by atoms with Crippen LogP contribution in [0.4, 0.5) is 0 Å². The predicted octanol–water partition coefficient (Wildman–Crippen LogP) is 1.50. The number of carboxylic acid groups (broad SMARTS) is 2. The molecule has 1 aromatic rings. The summed E-state index contributed by atoms with van der Waals surface area (Å²) in [5.41, 5.74) is -0.728. The Hall–Kier alpha value is -2.37. The lowest BCUT2D eigenvalue weighted by Gasteiger charge is -2.26. The molecule has 6 heteroatoms. The Morgan fingerprint density at radius 1 is 1.04 bits per heavy atom. The zero-order chi connectivity index (χ0) is 17.7. The standard InChI is InChI=1S/C17H23NO5/c1-10(2)8-18(9-11(3)4)15(19)12-5-6-13(16(20)21)14(7-12)17(22)23/h5-7,10-11H,8-9H2,1-4H3,(H,20,21)(H,22,23)/p-1. The fraction of sp³-hybridized carbons (Fsp3) is 0.471. The lowest BCUT2D eigenvalue weighted by molar-refractivity contribution is -0.255. The maximum atomic E-state index is 12.6. The number of benzene rings is 1. The number of aromatic carboxylic acids is 2. The third kappa shape index (κ3) is 5.09. The van der Waals surface area contributed by atoms with Crippen molar-refractivity contribution < 1.29 is 24.6 Å². The summed E-state index contributed by atoms with van der Waals surface area (Å²) in [6.07, 6.45) is 0. The highest BCUT2D eigenvalue weighted by Crippen LogP contribution is 2.16. The van der Waals surface area contributed by atoms with E-state index < -0.39 is 17.5 Å². The maximum absolute atomic E-state index is 12.6. The minimum absolute atomic E-state index is 0.149. The Labute approximate surface area is 135 Å². The van der Waals surface area contributed by atoms with E-state index >= 15 is 0 Å². The van der Waals surface area contributed by atoms with Gasteiger partial charge in [0.1, 0.15) is 0 Å². The van der Waals surface area contributed by atoms with Crippen LogP contribution in [0.3, 0.4) is 0 Å². The van der Waals surface area contributed by atoms with Crippen LogP contribution in [-0.2, 0) is 0 Å². The van der Waals surface area contributed by atoms with E-state index in [1.165, 1.54) is 6.07 Å². The molecule has 0 fully saturated rings. The van der Waals surface area contributed by atoms with Crippen LogP contribution >= 0.6 is 0 Å². The van der Waals surface area contributed by atoms with Gasteiger partial charge < -0.3 is 19.9 Å². The summed E-state index contributed by atoms with van der Waals surface area (Å²) in [6.45, 7) is 9.03. The number of rotatable bonds is 7.